The number of rotatable bonds is 2. The van der Waals surface area contributed by atoms with Gasteiger partial charge in [-0.1, -0.05) is 12.1 Å². The Balaban J connectivity index is 2.36. The number of nitro benzene ring substituents is 1. The Morgan fingerprint density at radius 2 is 2.21 bits per heavy atom. The average molecular weight is 191 g/mol. The van der Waals surface area contributed by atoms with Gasteiger partial charge in [-0.05, 0) is 12.1 Å². The third-order valence-corrected chi connectivity index (χ3v) is 2.17. The van der Waals surface area contributed by atoms with E-state index in [0.29, 0.717) is 12.0 Å². The highest BCUT2D eigenvalue weighted by Crippen LogP contribution is 2.32. The van der Waals surface area contributed by atoms with Crippen molar-refractivity contribution in [2.45, 2.75) is 12.5 Å². The largest absolute Gasteiger partial charge is 0.493 e. The predicted octanol–water partition coefficient (Wildman–Crippen LogP) is 2.57. The molecule has 72 valence electrons. The molecule has 0 saturated heterocycles. The number of para-hydroxylation sites is 1. The van der Waals surface area contributed by atoms with Crippen LogP contribution < -0.4 is 0 Å². The van der Waals surface area contributed by atoms with Gasteiger partial charge in [-0.15, -0.1) is 0 Å². The highest BCUT2D eigenvalue weighted by Gasteiger charge is 2.23. The van der Waals surface area contributed by atoms with Crippen molar-refractivity contribution >= 4 is 5.69 Å². The van der Waals surface area contributed by atoms with E-state index in [0.717, 1.165) is 0 Å². The van der Waals surface area contributed by atoms with Gasteiger partial charge in [0, 0.05) is 12.5 Å². The van der Waals surface area contributed by atoms with E-state index in [1.54, 1.807) is 24.5 Å². The Labute approximate surface area is 81.0 Å². The Morgan fingerprint density at radius 3 is 2.86 bits per heavy atom. The van der Waals surface area contributed by atoms with Crippen molar-refractivity contribution in [3.05, 3.63) is 52.3 Å². The van der Waals surface area contributed by atoms with E-state index < -0.39 is 0 Å². The van der Waals surface area contributed by atoms with Crippen LogP contribution in [0.4, 0.5) is 5.69 Å². The maximum atomic E-state index is 10.7. The van der Waals surface area contributed by atoms with Gasteiger partial charge in [0.2, 0.25) is 0 Å². The van der Waals surface area contributed by atoms with Gasteiger partial charge in [0.1, 0.15) is 6.10 Å². The van der Waals surface area contributed by atoms with Crippen LogP contribution in [-0.4, -0.2) is 4.92 Å². The van der Waals surface area contributed by atoms with Crippen LogP contribution in [0.25, 0.3) is 0 Å². The number of nitro groups is 1. The van der Waals surface area contributed by atoms with Gasteiger partial charge in [-0.3, -0.25) is 10.1 Å². The van der Waals surface area contributed by atoms with Crippen LogP contribution in [0.15, 0.2) is 36.6 Å². The summed E-state index contributed by atoms with van der Waals surface area (Å²) in [5.74, 6) is 0. The van der Waals surface area contributed by atoms with Gasteiger partial charge in [0.05, 0.1) is 16.7 Å². The quantitative estimate of drug-likeness (QED) is 0.533. The smallest absolute Gasteiger partial charge is 0.276 e. The van der Waals surface area contributed by atoms with E-state index in [4.69, 9.17) is 4.74 Å². The minimum atomic E-state index is -0.378. The molecule has 0 saturated carbocycles. The molecule has 1 heterocycles. The number of hydrogen-bond donors (Lipinski definition) is 0. The first-order valence-electron chi connectivity index (χ1n) is 4.33. The Morgan fingerprint density at radius 1 is 1.43 bits per heavy atom. The summed E-state index contributed by atoms with van der Waals surface area (Å²) < 4.78 is 5.24. The summed E-state index contributed by atoms with van der Waals surface area (Å²) in [5, 5.41) is 10.7. The molecule has 0 aromatic heterocycles. The van der Waals surface area contributed by atoms with Crippen LogP contribution in [0.1, 0.15) is 18.1 Å². The first-order valence-corrected chi connectivity index (χ1v) is 4.33. The van der Waals surface area contributed by atoms with E-state index in [-0.39, 0.29) is 16.7 Å². The van der Waals surface area contributed by atoms with Gasteiger partial charge in [0.15, 0.2) is 0 Å². The average Bonchev–Trinajstić information content (AvgIpc) is 2.70. The standard InChI is InChI=1S/C10H9NO3/c12-11(13)9-5-2-1-4-8(9)10-6-3-7-14-10/h1-5,7,10H,6H2/t10-/m0/s1. The molecule has 0 radical (unpaired) electrons. The lowest BCUT2D eigenvalue weighted by Crippen LogP contribution is -2.00. The normalized spacial score (nSPS) is 19.3. The minimum Gasteiger partial charge on any atom is -0.493 e. The summed E-state index contributed by atoms with van der Waals surface area (Å²) in [5.41, 5.74) is 0.767. The molecule has 4 nitrogen and oxygen atoms in total. The van der Waals surface area contributed by atoms with E-state index in [1.165, 1.54) is 6.07 Å². The molecule has 0 spiro atoms. The second kappa shape index (κ2) is 3.49. The maximum absolute atomic E-state index is 10.7. The molecule has 1 atom stereocenters. The molecule has 0 N–H and O–H groups in total. The lowest BCUT2D eigenvalue weighted by atomic mass is 10.1. The summed E-state index contributed by atoms with van der Waals surface area (Å²) in [6, 6.07) is 6.67. The fourth-order valence-electron chi connectivity index (χ4n) is 1.51. The Kier molecular flexibility index (Phi) is 2.18. The Bertz CT molecular complexity index is 379. The molecule has 0 fully saturated rings. The lowest BCUT2D eigenvalue weighted by Gasteiger charge is -2.10. The van der Waals surface area contributed by atoms with Crippen LogP contribution >= 0.6 is 0 Å². The minimum absolute atomic E-state index is 0.126. The number of ether oxygens (including phenoxy) is 1. The SMILES string of the molecule is O=[N+]([O-])c1ccccc1[C@@H]1CC=CO1. The van der Waals surface area contributed by atoms with E-state index in [1.807, 2.05) is 6.08 Å². The zero-order chi connectivity index (χ0) is 9.97. The van der Waals surface area contributed by atoms with Crippen LogP contribution in [-0.2, 0) is 4.74 Å². The first-order chi connectivity index (χ1) is 6.79. The summed E-state index contributed by atoms with van der Waals surface area (Å²) in [4.78, 5) is 10.3. The van der Waals surface area contributed by atoms with Gasteiger partial charge < -0.3 is 4.74 Å². The highest BCUT2D eigenvalue weighted by molar-refractivity contribution is 5.42. The van der Waals surface area contributed by atoms with Crippen molar-refractivity contribution in [2.24, 2.45) is 0 Å². The fraction of sp³-hybridized carbons (Fsp3) is 0.200. The number of benzene rings is 1. The third-order valence-electron chi connectivity index (χ3n) is 2.17. The summed E-state index contributed by atoms with van der Waals surface area (Å²) in [6.45, 7) is 0. The van der Waals surface area contributed by atoms with Gasteiger partial charge in [-0.25, -0.2) is 0 Å². The summed E-state index contributed by atoms with van der Waals surface area (Å²) >= 11 is 0. The van der Waals surface area contributed by atoms with Crippen molar-refractivity contribution in [1.82, 2.24) is 0 Å². The van der Waals surface area contributed by atoms with E-state index in [9.17, 15) is 10.1 Å². The maximum Gasteiger partial charge on any atom is 0.276 e. The number of hydrogen-bond acceptors (Lipinski definition) is 3. The molecular formula is C10H9NO3. The predicted molar refractivity (Wildman–Crippen MR) is 50.7 cm³/mol. The molecule has 0 unspecified atom stereocenters. The molecule has 1 aliphatic rings. The molecule has 0 aliphatic carbocycles. The summed E-state index contributed by atoms with van der Waals surface area (Å²) in [6.07, 6.45) is 3.95. The molecule has 1 aliphatic heterocycles. The van der Waals surface area contributed by atoms with Gasteiger partial charge in [0.25, 0.3) is 5.69 Å². The van der Waals surface area contributed by atoms with Gasteiger partial charge in [-0.2, -0.15) is 0 Å². The van der Waals surface area contributed by atoms with E-state index >= 15 is 0 Å². The second-order valence-electron chi connectivity index (χ2n) is 3.05. The van der Waals surface area contributed by atoms with Crippen molar-refractivity contribution in [3.8, 4) is 0 Å². The van der Waals surface area contributed by atoms with Crippen molar-refractivity contribution < 1.29 is 9.66 Å². The summed E-state index contributed by atoms with van der Waals surface area (Å²) in [7, 11) is 0. The van der Waals surface area contributed by atoms with Crippen LogP contribution in [0.5, 0.6) is 0 Å². The lowest BCUT2D eigenvalue weighted by molar-refractivity contribution is -0.386. The topological polar surface area (TPSA) is 52.4 Å². The fourth-order valence-corrected chi connectivity index (χ4v) is 1.51. The molecule has 1 aromatic rings. The monoisotopic (exact) mass is 191 g/mol. The second-order valence-corrected chi connectivity index (χ2v) is 3.05. The molecule has 0 bridgehead atoms. The zero-order valence-electron chi connectivity index (χ0n) is 7.42. The highest BCUT2D eigenvalue weighted by atomic mass is 16.6. The molecule has 1 aromatic carbocycles. The Hall–Kier alpha value is -1.84. The zero-order valence-corrected chi connectivity index (χ0v) is 7.42. The van der Waals surface area contributed by atoms with Crippen molar-refractivity contribution in [2.75, 3.05) is 0 Å². The third kappa shape index (κ3) is 1.46. The molecule has 14 heavy (non-hydrogen) atoms. The van der Waals surface area contributed by atoms with Crippen molar-refractivity contribution in [1.29, 1.82) is 0 Å². The number of nitrogens with zero attached hydrogens (tertiary/aromatic N) is 1. The first kappa shape index (κ1) is 8.74. The molecule has 4 heteroatoms. The molecule has 2 rings (SSSR count). The van der Waals surface area contributed by atoms with Crippen LogP contribution in [0.2, 0.25) is 0 Å². The van der Waals surface area contributed by atoms with Crippen LogP contribution in [0.3, 0.4) is 0 Å². The van der Waals surface area contributed by atoms with E-state index in [2.05, 4.69) is 0 Å². The molecule has 0 amide bonds. The van der Waals surface area contributed by atoms with Gasteiger partial charge >= 0.3 is 0 Å². The van der Waals surface area contributed by atoms with Crippen LogP contribution in [0, 0.1) is 10.1 Å². The molecular weight excluding hydrogens is 182 g/mol. The van der Waals surface area contributed by atoms with Crippen molar-refractivity contribution in [3.63, 3.8) is 0 Å².